The lowest BCUT2D eigenvalue weighted by Crippen LogP contribution is -2.65. The molecule has 1 saturated heterocycles. The summed E-state index contributed by atoms with van der Waals surface area (Å²) >= 11 is 0. The molecule has 7 heteroatoms. The Morgan fingerprint density at radius 3 is 2.81 bits per heavy atom. The lowest BCUT2D eigenvalue weighted by molar-refractivity contribution is 0.0377. The zero-order valence-corrected chi connectivity index (χ0v) is 15.2. The van der Waals surface area contributed by atoms with Crippen LogP contribution in [0.25, 0.3) is 0 Å². The van der Waals surface area contributed by atoms with Gasteiger partial charge in [-0.25, -0.2) is 14.0 Å². The topological polar surface area (TPSA) is 67.9 Å². The first-order valence-electron chi connectivity index (χ1n) is 8.60. The largest absolute Gasteiger partial charge is 0.467 e. The van der Waals surface area contributed by atoms with Crippen molar-refractivity contribution in [1.29, 1.82) is 0 Å². The Hall–Kier alpha value is -3.09. The van der Waals surface area contributed by atoms with Gasteiger partial charge in [-0.2, -0.15) is 0 Å². The Balaban J connectivity index is 1.76. The number of aryl methyl sites for hydroxylation is 1. The van der Waals surface area contributed by atoms with Crippen LogP contribution in [-0.4, -0.2) is 24.8 Å². The fraction of sp³-hybridized carbons (Fsp3) is 0.300. The normalized spacial score (nSPS) is 23.2. The monoisotopic (exact) mass is 370 g/mol. The van der Waals surface area contributed by atoms with Crippen LogP contribution in [0.2, 0.25) is 0 Å². The number of carbonyl (C=O) groups is 2. The predicted octanol–water partition coefficient (Wildman–Crippen LogP) is 3.69. The molecule has 2 aliphatic heterocycles. The zero-order chi connectivity index (χ0) is 19.3. The van der Waals surface area contributed by atoms with Gasteiger partial charge in [-0.05, 0) is 49.7 Å². The number of fused-ring (bicyclic) bond motifs is 4. The van der Waals surface area contributed by atoms with Crippen molar-refractivity contribution in [2.75, 3.05) is 12.0 Å². The molecule has 2 aliphatic rings. The van der Waals surface area contributed by atoms with Gasteiger partial charge in [-0.1, -0.05) is 6.07 Å². The van der Waals surface area contributed by atoms with Crippen LogP contribution in [0.5, 0.6) is 5.75 Å². The highest BCUT2D eigenvalue weighted by atomic mass is 19.1. The van der Waals surface area contributed by atoms with E-state index in [4.69, 9.17) is 9.47 Å². The van der Waals surface area contributed by atoms with Gasteiger partial charge in [-0.15, -0.1) is 0 Å². The molecule has 0 spiro atoms. The van der Waals surface area contributed by atoms with Crippen molar-refractivity contribution < 1.29 is 23.5 Å². The van der Waals surface area contributed by atoms with Gasteiger partial charge < -0.3 is 14.8 Å². The van der Waals surface area contributed by atoms with Crippen LogP contribution in [0, 0.1) is 12.7 Å². The van der Waals surface area contributed by atoms with E-state index in [9.17, 15) is 14.0 Å². The zero-order valence-electron chi connectivity index (χ0n) is 15.2. The number of nitrogens with one attached hydrogen (secondary N) is 1. The highest BCUT2D eigenvalue weighted by molar-refractivity contribution is 5.95. The summed E-state index contributed by atoms with van der Waals surface area (Å²) in [6.45, 7) is 3.47. The second kappa shape index (κ2) is 5.97. The number of rotatable bonds is 2. The lowest BCUT2D eigenvalue weighted by Gasteiger charge is -2.50. The maximum Gasteiger partial charge on any atom is 0.337 e. The third kappa shape index (κ3) is 2.70. The summed E-state index contributed by atoms with van der Waals surface area (Å²) in [5.41, 5.74) is 1.06. The van der Waals surface area contributed by atoms with Crippen molar-refractivity contribution in [3.63, 3.8) is 0 Å². The van der Waals surface area contributed by atoms with Gasteiger partial charge in [0.15, 0.2) is 5.72 Å². The molecular formula is C20H19FN2O4. The van der Waals surface area contributed by atoms with Gasteiger partial charge >= 0.3 is 12.0 Å². The maximum atomic E-state index is 14.1. The van der Waals surface area contributed by atoms with Crippen molar-refractivity contribution in [2.45, 2.75) is 32.0 Å². The van der Waals surface area contributed by atoms with Crippen LogP contribution in [0.3, 0.4) is 0 Å². The fourth-order valence-corrected chi connectivity index (χ4v) is 3.73. The van der Waals surface area contributed by atoms with E-state index >= 15 is 0 Å². The number of nitrogens with zero attached hydrogens (tertiary/aromatic N) is 1. The molecule has 2 heterocycles. The fourth-order valence-electron chi connectivity index (χ4n) is 3.73. The minimum Gasteiger partial charge on any atom is -0.467 e. The molecule has 0 aliphatic carbocycles. The number of amides is 2. The Kier molecular flexibility index (Phi) is 3.83. The van der Waals surface area contributed by atoms with E-state index in [1.165, 1.54) is 18.1 Å². The molecule has 27 heavy (non-hydrogen) atoms. The third-order valence-electron chi connectivity index (χ3n) is 5.11. The highest BCUT2D eigenvalue weighted by Crippen LogP contribution is 2.45. The van der Waals surface area contributed by atoms with Gasteiger partial charge in [0.1, 0.15) is 11.6 Å². The molecule has 1 fully saturated rings. The van der Waals surface area contributed by atoms with E-state index < -0.39 is 11.7 Å². The molecule has 2 bridgehead atoms. The van der Waals surface area contributed by atoms with Crippen molar-refractivity contribution in [3.8, 4) is 5.75 Å². The van der Waals surface area contributed by atoms with Crippen molar-refractivity contribution in [3.05, 3.63) is 58.9 Å². The van der Waals surface area contributed by atoms with Crippen molar-refractivity contribution in [1.82, 2.24) is 5.32 Å². The van der Waals surface area contributed by atoms with Gasteiger partial charge in [0.25, 0.3) is 0 Å². The number of esters is 1. The molecule has 0 radical (unpaired) electrons. The molecule has 6 nitrogen and oxygen atoms in total. The van der Waals surface area contributed by atoms with E-state index in [1.54, 1.807) is 44.2 Å². The SMILES string of the molecule is COC(=O)c1ccc2c(c1)C1CC(C)(O2)N(c2ccc(C)c(F)c2)C(=O)N1. The molecule has 140 valence electrons. The van der Waals surface area contributed by atoms with Crippen molar-refractivity contribution in [2.24, 2.45) is 0 Å². The van der Waals surface area contributed by atoms with Crippen molar-refractivity contribution >= 4 is 17.7 Å². The maximum absolute atomic E-state index is 14.1. The van der Waals surface area contributed by atoms with Gasteiger partial charge in [0, 0.05) is 12.0 Å². The third-order valence-corrected chi connectivity index (χ3v) is 5.11. The Bertz CT molecular complexity index is 961. The van der Waals surface area contributed by atoms with Crippen LogP contribution in [0.15, 0.2) is 36.4 Å². The van der Waals surface area contributed by atoms with Gasteiger partial charge in [0.05, 0.1) is 24.4 Å². The van der Waals surface area contributed by atoms with Crippen LogP contribution < -0.4 is 15.0 Å². The first kappa shape index (κ1) is 17.3. The van der Waals surface area contributed by atoms with Crippen LogP contribution >= 0.6 is 0 Å². The first-order chi connectivity index (χ1) is 12.8. The summed E-state index contributed by atoms with van der Waals surface area (Å²) in [7, 11) is 1.32. The smallest absolute Gasteiger partial charge is 0.337 e. The second-order valence-electron chi connectivity index (χ2n) is 7.00. The number of hydrogen-bond donors (Lipinski definition) is 1. The minimum absolute atomic E-state index is 0.317. The summed E-state index contributed by atoms with van der Waals surface area (Å²) in [5.74, 6) is -0.269. The molecule has 4 rings (SSSR count). The molecule has 0 saturated carbocycles. The van der Waals surface area contributed by atoms with Gasteiger partial charge in [0.2, 0.25) is 0 Å². The number of halogens is 1. The number of urea groups is 1. The summed E-state index contributed by atoms with van der Waals surface area (Å²) in [5, 5.41) is 2.93. The van der Waals surface area contributed by atoms with Gasteiger partial charge in [-0.3, -0.25) is 4.90 Å². The molecular weight excluding hydrogens is 351 g/mol. The molecule has 2 atom stereocenters. The standard InChI is InChI=1S/C20H19FN2O4/c1-11-4-6-13(9-15(11)21)23-19(25)22-16-10-20(23,2)27-17-7-5-12(8-14(16)17)18(24)26-3/h4-9,16H,10H2,1-3H3,(H,22,25). The van der Waals surface area contributed by atoms with E-state index in [0.717, 1.165) is 5.56 Å². The number of ether oxygens (including phenoxy) is 2. The van der Waals surface area contributed by atoms with E-state index in [0.29, 0.717) is 29.0 Å². The summed E-state index contributed by atoms with van der Waals surface area (Å²) < 4.78 is 25.0. The summed E-state index contributed by atoms with van der Waals surface area (Å²) in [4.78, 5) is 26.1. The number of carbonyl (C=O) groups excluding carboxylic acids is 2. The number of methoxy groups -OCH3 is 1. The van der Waals surface area contributed by atoms with Crippen LogP contribution in [0.4, 0.5) is 14.9 Å². The number of benzene rings is 2. The average molecular weight is 370 g/mol. The van der Waals surface area contributed by atoms with E-state index in [-0.39, 0.29) is 17.9 Å². The summed E-state index contributed by atoms with van der Waals surface area (Å²) in [6, 6.07) is 8.94. The molecule has 1 N–H and O–H groups in total. The average Bonchev–Trinajstić information content (AvgIpc) is 2.63. The van der Waals surface area contributed by atoms with Crippen LogP contribution in [-0.2, 0) is 4.74 Å². The quantitative estimate of drug-likeness (QED) is 0.819. The van der Waals surface area contributed by atoms with Crippen LogP contribution in [0.1, 0.15) is 40.9 Å². The molecule has 2 amide bonds. The lowest BCUT2D eigenvalue weighted by atomic mass is 9.89. The predicted molar refractivity (Wildman–Crippen MR) is 96.3 cm³/mol. The minimum atomic E-state index is -0.978. The number of anilines is 1. The Morgan fingerprint density at radius 2 is 2.11 bits per heavy atom. The van der Waals surface area contributed by atoms with E-state index in [1.807, 2.05) is 0 Å². The number of hydrogen-bond acceptors (Lipinski definition) is 4. The molecule has 2 unspecified atom stereocenters. The van der Waals surface area contributed by atoms with E-state index in [2.05, 4.69) is 5.32 Å². The molecule has 2 aromatic rings. The highest BCUT2D eigenvalue weighted by Gasteiger charge is 2.50. The Labute approximate surface area is 155 Å². The first-order valence-corrected chi connectivity index (χ1v) is 8.60. The molecule has 2 aromatic carbocycles. The molecule has 0 aromatic heterocycles. The second-order valence-corrected chi connectivity index (χ2v) is 7.00. The Morgan fingerprint density at radius 1 is 1.33 bits per heavy atom. The summed E-state index contributed by atoms with van der Waals surface area (Å²) in [6.07, 6.45) is 0.450.